The lowest BCUT2D eigenvalue weighted by atomic mass is 10.0. The van der Waals surface area contributed by atoms with Gasteiger partial charge in [-0.3, -0.25) is 28.6 Å². The zero-order chi connectivity index (χ0) is 53.1. The highest BCUT2D eigenvalue weighted by atomic mass is 32.1. The van der Waals surface area contributed by atoms with Crippen molar-refractivity contribution in [3.05, 3.63) is 148 Å². The van der Waals surface area contributed by atoms with Crippen LogP contribution in [-0.4, -0.2) is 79.8 Å². The number of benzene rings is 4. The molecule has 3 atom stereocenters. The minimum Gasteiger partial charge on any atom is -0.494 e. The largest absolute Gasteiger partial charge is 0.494 e. The standard InChI is InChI=1S/C55H54F3N7O7S2/c1-33(2)47(51(69)63-31-42(66)28-45(63)49(67)60-30-35-10-12-38(13-11-35)48-34(3)61-32-74-48)62-24-8-9-46(50(62)68)72-26-7-6-25-71-43-22-17-37(18-23-43)36-14-19-40(20-15-36)65-53(73)64(52(70)54(65,4)5)41-21-16-39(29-59)44(27-41)55(56,57)58/h8-24,27,32-33,42,45,47,66H,6-7,25-26,28,30-31H2,1-5H3,(H,60,67)/t42-,45+,47?/m1/s1. The van der Waals surface area contributed by atoms with Gasteiger partial charge >= 0.3 is 6.18 Å². The number of alkyl halides is 3. The molecule has 0 aliphatic carbocycles. The van der Waals surface area contributed by atoms with E-state index in [1.165, 1.54) is 21.7 Å². The molecular formula is C55H54F3N7O7S2. The van der Waals surface area contributed by atoms with Gasteiger partial charge < -0.3 is 29.7 Å². The number of nitrogens with one attached hydrogen (secondary N) is 1. The highest BCUT2D eigenvalue weighted by Crippen LogP contribution is 2.40. The van der Waals surface area contributed by atoms with Crippen LogP contribution in [0.5, 0.6) is 11.5 Å². The number of thiocarbonyl (C=S) groups is 1. The normalized spacial score (nSPS) is 16.9. The number of halogens is 3. The SMILES string of the molecule is Cc1ncsc1-c1ccc(CNC(=O)[C@@H]2C[C@@H](O)CN2C(=O)C(C(C)C)n2cccc(OCCCCOc3ccc(-c4ccc(N5C(=S)N(c6ccc(C#N)c(C(F)(F)F)c6)C(=O)C5(C)C)cc4)cc3)c2=O)cc1. The van der Waals surface area contributed by atoms with Gasteiger partial charge in [0.15, 0.2) is 10.9 Å². The number of aliphatic hydroxyl groups excluding tert-OH is 1. The van der Waals surface area contributed by atoms with Crippen molar-refractivity contribution in [2.24, 2.45) is 5.92 Å². The van der Waals surface area contributed by atoms with Crippen molar-refractivity contribution in [2.45, 2.75) is 90.3 Å². The Hall–Kier alpha value is -7.40. The number of unbranched alkanes of at least 4 members (excludes halogenated alkanes) is 1. The van der Waals surface area contributed by atoms with Gasteiger partial charge in [-0.25, -0.2) is 4.98 Å². The van der Waals surface area contributed by atoms with Crippen LogP contribution in [-0.2, 0) is 27.1 Å². The van der Waals surface area contributed by atoms with E-state index in [2.05, 4.69) is 10.3 Å². The maximum atomic E-state index is 14.3. The monoisotopic (exact) mass is 1050 g/mol. The number of nitriles is 1. The van der Waals surface area contributed by atoms with E-state index in [4.69, 9.17) is 21.7 Å². The predicted molar refractivity (Wildman–Crippen MR) is 280 cm³/mol. The van der Waals surface area contributed by atoms with E-state index in [0.717, 1.165) is 49.9 Å². The molecule has 4 heterocycles. The van der Waals surface area contributed by atoms with Gasteiger partial charge in [0, 0.05) is 31.4 Å². The Balaban J connectivity index is 0.818. The third kappa shape index (κ3) is 11.1. The summed E-state index contributed by atoms with van der Waals surface area (Å²) in [6.45, 7) is 9.67. The number of hydrogen-bond acceptors (Lipinski definition) is 11. The Kier molecular flexibility index (Phi) is 15.7. The second kappa shape index (κ2) is 22.0. The number of hydrogen-bond donors (Lipinski definition) is 2. The lowest BCUT2D eigenvalue weighted by Crippen LogP contribution is -2.50. The Labute approximate surface area is 435 Å². The number of likely N-dealkylation sites (tertiary alicyclic amines) is 1. The van der Waals surface area contributed by atoms with Gasteiger partial charge in [0.05, 0.1) is 58.3 Å². The van der Waals surface area contributed by atoms with Crippen molar-refractivity contribution in [3.8, 4) is 39.1 Å². The molecule has 1 unspecified atom stereocenters. The van der Waals surface area contributed by atoms with Crippen molar-refractivity contribution in [1.29, 1.82) is 5.26 Å². The minimum absolute atomic E-state index is 0.00148. The van der Waals surface area contributed by atoms with Crippen LogP contribution in [0.4, 0.5) is 24.5 Å². The number of β-amino-alcohol motifs (C(OH)–C–C–N with tert-alkyl or cyclic N) is 1. The fraction of sp³-hybridized carbons (Fsp3) is 0.327. The Morgan fingerprint density at radius 3 is 2.19 bits per heavy atom. The van der Waals surface area contributed by atoms with Crippen LogP contribution in [0.1, 0.15) is 75.4 Å². The number of ether oxygens (including phenoxy) is 2. The zero-order valence-electron chi connectivity index (χ0n) is 41.3. The first-order chi connectivity index (χ1) is 35.3. The highest BCUT2D eigenvalue weighted by Gasteiger charge is 2.51. The van der Waals surface area contributed by atoms with Gasteiger partial charge in [0.2, 0.25) is 11.8 Å². The summed E-state index contributed by atoms with van der Waals surface area (Å²) in [7, 11) is 0. The molecule has 74 heavy (non-hydrogen) atoms. The number of carbonyl (C=O) groups excluding carboxylic acids is 3. The number of nitrogens with zero attached hydrogens (tertiary/aromatic N) is 6. The molecule has 4 aromatic carbocycles. The molecule has 2 saturated heterocycles. The number of aliphatic hydroxyl groups is 1. The average Bonchev–Trinajstić information content (AvgIpc) is 4.04. The number of aryl methyl sites for hydroxylation is 1. The van der Waals surface area contributed by atoms with Gasteiger partial charge in [0.25, 0.3) is 11.5 Å². The lowest BCUT2D eigenvalue weighted by molar-refractivity contribution is -0.142. The Morgan fingerprint density at radius 1 is 0.932 bits per heavy atom. The van der Waals surface area contributed by atoms with Crippen molar-refractivity contribution >= 4 is 57.8 Å². The number of pyridine rings is 1. The van der Waals surface area contributed by atoms with Crippen LogP contribution in [0.3, 0.4) is 0 Å². The number of aromatic nitrogens is 2. The number of amides is 3. The molecule has 19 heteroatoms. The maximum Gasteiger partial charge on any atom is 0.417 e. The third-order valence-electron chi connectivity index (χ3n) is 13.2. The second-order valence-corrected chi connectivity index (χ2v) is 20.2. The van der Waals surface area contributed by atoms with Crippen LogP contribution in [0.15, 0.2) is 120 Å². The van der Waals surface area contributed by atoms with E-state index < -0.39 is 58.4 Å². The highest BCUT2D eigenvalue weighted by molar-refractivity contribution is 7.81. The van der Waals surface area contributed by atoms with E-state index in [-0.39, 0.29) is 54.5 Å². The molecule has 8 rings (SSSR count). The van der Waals surface area contributed by atoms with Crippen molar-refractivity contribution in [1.82, 2.24) is 19.8 Å². The fourth-order valence-electron chi connectivity index (χ4n) is 9.26. The van der Waals surface area contributed by atoms with Crippen LogP contribution in [0.25, 0.3) is 21.6 Å². The molecule has 384 valence electrons. The molecule has 2 aliphatic rings. The molecule has 3 amide bonds. The van der Waals surface area contributed by atoms with E-state index in [0.29, 0.717) is 30.9 Å². The summed E-state index contributed by atoms with van der Waals surface area (Å²) in [5, 5.41) is 22.8. The van der Waals surface area contributed by atoms with Gasteiger partial charge in [-0.15, -0.1) is 11.3 Å². The maximum absolute atomic E-state index is 14.3. The molecule has 6 aromatic rings. The molecule has 0 radical (unpaired) electrons. The Morgan fingerprint density at radius 2 is 1.57 bits per heavy atom. The summed E-state index contributed by atoms with van der Waals surface area (Å²) in [6.07, 6.45) is -2.93. The molecule has 2 N–H and O–H groups in total. The lowest BCUT2D eigenvalue weighted by Gasteiger charge is -2.31. The van der Waals surface area contributed by atoms with Gasteiger partial charge in [-0.05, 0) is 129 Å². The van der Waals surface area contributed by atoms with Crippen LogP contribution >= 0.6 is 23.6 Å². The Bertz CT molecular complexity index is 3150. The first-order valence-electron chi connectivity index (χ1n) is 24.0. The van der Waals surface area contributed by atoms with E-state index in [9.17, 15) is 42.7 Å². The summed E-state index contributed by atoms with van der Waals surface area (Å²) in [5.41, 5.74) is 3.44. The molecule has 0 saturated carbocycles. The molecule has 14 nitrogen and oxygen atoms in total. The van der Waals surface area contributed by atoms with E-state index >= 15 is 0 Å². The fourth-order valence-corrected chi connectivity index (χ4v) is 10.6. The van der Waals surface area contributed by atoms with Crippen LogP contribution in [0.2, 0.25) is 0 Å². The number of rotatable bonds is 17. The van der Waals surface area contributed by atoms with Crippen molar-refractivity contribution < 1.29 is 42.1 Å². The average molecular weight is 1050 g/mol. The molecule has 0 spiro atoms. The topological polar surface area (TPSA) is 170 Å². The first-order valence-corrected chi connectivity index (χ1v) is 25.3. The van der Waals surface area contributed by atoms with Crippen LogP contribution in [0, 0.1) is 24.2 Å². The molecule has 2 fully saturated rings. The van der Waals surface area contributed by atoms with Crippen molar-refractivity contribution in [2.75, 3.05) is 29.6 Å². The van der Waals surface area contributed by atoms with Crippen LogP contribution < -0.4 is 30.1 Å². The summed E-state index contributed by atoms with van der Waals surface area (Å²) >= 11 is 7.24. The van der Waals surface area contributed by atoms with E-state index in [1.807, 2.05) is 81.4 Å². The second-order valence-electron chi connectivity index (χ2n) is 19.0. The molecular weight excluding hydrogens is 992 g/mol. The quantitative estimate of drug-likeness (QED) is 0.0659. The zero-order valence-corrected chi connectivity index (χ0v) is 42.9. The molecule has 2 aromatic heterocycles. The number of thiazole rings is 1. The number of carbonyl (C=O) groups is 3. The third-order valence-corrected chi connectivity index (χ3v) is 14.5. The molecule has 2 aliphatic heterocycles. The summed E-state index contributed by atoms with van der Waals surface area (Å²) in [4.78, 5) is 64.7. The summed E-state index contributed by atoms with van der Waals surface area (Å²) in [6, 6.07) is 28.5. The van der Waals surface area contributed by atoms with Gasteiger partial charge in [0.1, 0.15) is 23.4 Å². The number of anilines is 2. The van der Waals surface area contributed by atoms with Crippen molar-refractivity contribution in [3.63, 3.8) is 0 Å². The minimum atomic E-state index is -4.81. The van der Waals surface area contributed by atoms with Gasteiger partial charge in [-0.1, -0.05) is 62.4 Å². The first kappa shape index (κ1) is 52.9. The summed E-state index contributed by atoms with van der Waals surface area (Å²) < 4.78 is 54.6. The van der Waals surface area contributed by atoms with E-state index in [1.54, 1.807) is 65.9 Å². The van der Waals surface area contributed by atoms with Gasteiger partial charge in [-0.2, -0.15) is 18.4 Å². The predicted octanol–water partition coefficient (Wildman–Crippen LogP) is 9.47. The molecule has 0 bridgehead atoms. The smallest absolute Gasteiger partial charge is 0.417 e. The summed E-state index contributed by atoms with van der Waals surface area (Å²) in [5.74, 6) is -0.975.